The summed E-state index contributed by atoms with van der Waals surface area (Å²) in [5.41, 5.74) is 2.20. The number of nitriles is 1. The van der Waals surface area contributed by atoms with Crippen molar-refractivity contribution < 1.29 is 9.59 Å². The topological polar surface area (TPSA) is 94.9 Å². The van der Waals surface area contributed by atoms with Crippen LogP contribution in [0.1, 0.15) is 18.9 Å². The first-order valence-corrected chi connectivity index (χ1v) is 6.67. The van der Waals surface area contributed by atoms with Crippen LogP contribution < -0.4 is 10.6 Å². The number of aromatic nitrogens is 1. The Morgan fingerprint density at radius 1 is 1.40 bits per heavy atom. The number of carbonyl (C=O) groups is 2. The quantitative estimate of drug-likeness (QED) is 0.906. The van der Waals surface area contributed by atoms with Crippen LogP contribution in [-0.4, -0.2) is 16.8 Å². The predicted octanol–water partition coefficient (Wildman–Crippen LogP) is 2.42. The molecular weight excluding hydrogens is 276 g/mol. The average molecular weight is 288 g/mol. The monoisotopic (exact) mass is 288 g/mol. The molecule has 0 aliphatic carbocycles. The molecule has 0 fully saturated rings. The maximum Gasteiger partial charge on any atom is 0.238 e. The first kappa shape index (κ1) is 14.0. The van der Waals surface area contributed by atoms with Gasteiger partial charge in [-0.15, -0.1) is 0 Å². The van der Waals surface area contributed by atoms with Gasteiger partial charge in [-0.3, -0.25) is 9.59 Å². The molecule has 2 rings (SSSR count). The lowest BCUT2D eigenvalue weighted by Crippen LogP contribution is -2.11. The van der Waals surface area contributed by atoms with Gasteiger partial charge in [0.05, 0.1) is 22.0 Å². The minimum Gasteiger partial charge on any atom is -0.324 e. The Morgan fingerprint density at radius 3 is 2.80 bits per heavy atom. The van der Waals surface area contributed by atoms with Crippen LogP contribution in [0.15, 0.2) is 12.1 Å². The number of fused-ring (bicyclic) bond motifs is 1. The molecule has 20 heavy (non-hydrogen) atoms. The third-order valence-corrected chi connectivity index (χ3v) is 3.56. The highest BCUT2D eigenvalue weighted by Crippen LogP contribution is 2.34. The maximum atomic E-state index is 11.6. The van der Waals surface area contributed by atoms with Gasteiger partial charge in [0.1, 0.15) is 6.42 Å². The van der Waals surface area contributed by atoms with Gasteiger partial charge >= 0.3 is 0 Å². The van der Waals surface area contributed by atoms with E-state index >= 15 is 0 Å². The first-order chi connectivity index (χ1) is 9.51. The number of nitrogens with one attached hydrogen (secondary N) is 2. The van der Waals surface area contributed by atoms with Gasteiger partial charge in [-0.25, -0.2) is 4.98 Å². The first-order valence-electron chi connectivity index (χ1n) is 5.86. The number of rotatable bonds is 3. The van der Waals surface area contributed by atoms with Crippen LogP contribution in [0.2, 0.25) is 0 Å². The third kappa shape index (κ3) is 2.92. The number of amides is 2. The average Bonchev–Trinajstić information content (AvgIpc) is 2.75. The van der Waals surface area contributed by atoms with Crippen molar-refractivity contribution in [2.45, 2.75) is 20.3 Å². The molecule has 0 saturated heterocycles. The molecule has 0 atom stereocenters. The summed E-state index contributed by atoms with van der Waals surface area (Å²) >= 11 is 1.29. The second-order valence-electron chi connectivity index (χ2n) is 4.19. The molecule has 0 saturated carbocycles. The lowest BCUT2D eigenvalue weighted by molar-refractivity contribution is -0.115. The van der Waals surface area contributed by atoms with Gasteiger partial charge in [-0.05, 0) is 18.6 Å². The van der Waals surface area contributed by atoms with Crippen LogP contribution in [0, 0.1) is 18.3 Å². The molecule has 0 spiro atoms. The Bertz CT molecular complexity index is 730. The number of nitrogens with zero attached hydrogens (tertiary/aromatic N) is 2. The zero-order chi connectivity index (χ0) is 14.7. The number of hydrogen-bond acceptors (Lipinski definition) is 5. The van der Waals surface area contributed by atoms with Gasteiger partial charge in [-0.1, -0.05) is 17.4 Å². The van der Waals surface area contributed by atoms with E-state index < -0.39 is 0 Å². The van der Waals surface area contributed by atoms with E-state index in [1.54, 1.807) is 6.07 Å². The molecule has 1 aromatic carbocycles. The van der Waals surface area contributed by atoms with Gasteiger partial charge in [-0.2, -0.15) is 5.26 Å². The second-order valence-corrected chi connectivity index (χ2v) is 5.19. The van der Waals surface area contributed by atoms with E-state index in [2.05, 4.69) is 15.6 Å². The molecule has 0 bridgehead atoms. The lowest BCUT2D eigenvalue weighted by Gasteiger charge is -2.07. The van der Waals surface area contributed by atoms with Crippen LogP contribution >= 0.6 is 11.3 Å². The van der Waals surface area contributed by atoms with Crippen LogP contribution in [0.3, 0.4) is 0 Å². The van der Waals surface area contributed by atoms with E-state index in [0.29, 0.717) is 16.3 Å². The Labute approximate surface area is 119 Å². The highest BCUT2D eigenvalue weighted by molar-refractivity contribution is 7.23. The molecule has 0 aliphatic rings. The number of hydrogen-bond donors (Lipinski definition) is 2. The number of carbonyl (C=O) groups excluding carboxylic acids is 2. The number of anilines is 2. The second kappa shape index (κ2) is 5.67. The molecule has 1 aromatic heterocycles. The fraction of sp³-hybridized carbons (Fsp3) is 0.231. The normalized spacial score (nSPS) is 10.1. The fourth-order valence-corrected chi connectivity index (χ4v) is 2.77. The van der Waals surface area contributed by atoms with Crippen molar-refractivity contribution in [2.75, 3.05) is 10.6 Å². The van der Waals surface area contributed by atoms with E-state index in [-0.39, 0.29) is 18.2 Å². The van der Waals surface area contributed by atoms with Crippen molar-refractivity contribution in [1.29, 1.82) is 5.26 Å². The third-order valence-electron chi connectivity index (χ3n) is 2.55. The van der Waals surface area contributed by atoms with Crippen molar-refractivity contribution in [3.63, 3.8) is 0 Å². The summed E-state index contributed by atoms with van der Waals surface area (Å²) in [4.78, 5) is 26.9. The number of thiazole rings is 1. The van der Waals surface area contributed by atoms with Crippen LogP contribution in [0.5, 0.6) is 0 Å². The zero-order valence-electron chi connectivity index (χ0n) is 11.0. The summed E-state index contributed by atoms with van der Waals surface area (Å²) in [6.07, 6.45) is -0.201. The largest absolute Gasteiger partial charge is 0.324 e. The number of aryl methyl sites for hydroxylation is 1. The van der Waals surface area contributed by atoms with Crippen molar-refractivity contribution in [3.8, 4) is 6.07 Å². The molecule has 2 amide bonds. The standard InChI is InChI=1S/C13H12N4O2S/c1-7-3-4-9-12(11(7)17-10(19)5-6-14)20-13(16-9)15-8(2)18/h3-4H,5H2,1-2H3,(H,17,19)(H,15,16,18). The summed E-state index contributed by atoms with van der Waals surface area (Å²) in [6, 6.07) is 5.47. The van der Waals surface area contributed by atoms with Crippen molar-refractivity contribution >= 4 is 44.2 Å². The Hall–Kier alpha value is -2.46. The summed E-state index contributed by atoms with van der Waals surface area (Å²) in [6.45, 7) is 3.27. The highest BCUT2D eigenvalue weighted by atomic mass is 32.1. The van der Waals surface area contributed by atoms with Crippen LogP contribution in [0.4, 0.5) is 10.8 Å². The van der Waals surface area contributed by atoms with Gasteiger partial charge in [0.15, 0.2) is 5.13 Å². The Kier molecular flexibility index (Phi) is 3.96. The van der Waals surface area contributed by atoms with Crippen molar-refractivity contribution in [1.82, 2.24) is 4.98 Å². The summed E-state index contributed by atoms with van der Waals surface area (Å²) < 4.78 is 0.778. The molecule has 0 radical (unpaired) electrons. The van der Waals surface area contributed by atoms with E-state index in [4.69, 9.17) is 5.26 Å². The molecule has 7 heteroatoms. The van der Waals surface area contributed by atoms with E-state index in [1.165, 1.54) is 18.3 Å². The molecule has 0 aliphatic heterocycles. The van der Waals surface area contributed by atoms with E-state index in [9.17, 15) is 9.59 Å². The maximum absolute atomic E-state index is 11.6. The molecule has 6 nitrogen and oxygen atoms in total. The fourth-order valence-electron chi connectivity index (χ4n) is 1.71. The zero-order valence-corrected chi connectivity index (χ0v) is 11.8. The lowest BCUT2D eigenvalue weighted by atomic mass is 10.2. The highest BCUT2D eigenvalue weighted by Gasteiger charge is 2.13. The van der Waals surface area contributed by atoms with Crippen molar-refractivity contribution in [3.05, 3.63) is 17.7 Å². The Balaban J connectivity index is 2.44. The molecule has 2 aromatic rings. The van der Waals surface area contributed by atoms with Crippen LogP contribution in [0.25, 0.3) is 10.2 Å². The van der Waals surface area contributed by atoms with Gasteiger partial charge in [0.2, 0.25) is 11.8 Å². The summed E-state index contributed by atoms with van der Waals surface area (Å²) in [7, 11) is 0. The molecule has 0 unspecified atom stereocenters. The molecule has 2 N–H and O–H groups in total. The van der Waals surface area contributed by atoms with Gasteiger partial charge in [0.25, 0.3) is 0 Å². The predicted molar refractivity (Wildman–Crippen MR) is 77.5 cm³/mol. The summed E-state index contributed by atoms with van der Waals surface area (Å²) in [5, 5.41) is 14.4. The molecular formula is C13H12N4O2S. The van der Waals surface area contributed by atoms with E-state index in [1.807, 2.05) is 19.1 Å². The van der Waals surface area contributed by atoms with Gasteiger partial charge in [0, 0.05) is 6.92 Å². The summed E-state index contributed by atoms with van der Waals surface area (Å²) in [5.74, 6) is -0.562. The number of benzene rings is 1. The molecule has 102 valence electrons. The smallest absolute Gasteiger partial charge is 0.238 e. The Morgan fingerprint density at radius 2 is 2.15 bits per heavy atom. The van der Waals surface area contributed by atoms with Gasteiger partial charge < -0.3 is 10.6 Å². The molecule has 1 heterocycles. The minimum absolute atomic E-state index is 0.198. The SMILES string of the molecule is CC(=O)Nc1nc2ccc(C)c(NC(=O)CC#N)c2s1. The van der Waals surface area contributed by atoms with Crippen molar-refractivity contribution in [2.24, 2.45) is 0 Å². The van der Waals surface area contributed by atoms with E-state index in [0.717, 1.165) is 10.3 Å². The van der Waals surface area contributed by atoms with Crippen LogP contribution in [-0.2, 0) is 9.59 Å². The minimum atomic E-state index is -0.363.